The number of amides is 1. The van der Waals surface area contributed by atoms with Crippen LogP contribution < -0.4 is 0 Å². The number of piperidine rings is 1. The zero-order valence-corrected chi connectivity index (χ0v) is 11.6. The summed E-state index contributed by atoms with van der Waals surface area (Å²) in [4.78, 5) is 14.3. The van der Waals surface area contributed by atoms with E-state index in [0.29, 0.717) is 30.1 Å². The van der Waals surface area contributed by atoms with Gasteiger partial charge in [0.2, 0.25) is 0 Å². The third-order valence-electron chi connectivity index (χ3n) is 3.59. The summed E-state index contributed by atoms with van der Waals surface area (Å²) in [5.74, 6) is 0.859. The average molecular weight is 261 g/mol. The molecule has 19 heavy (non-hydrogen) atoms. The second-order valence-corrected chi connectivity index (χ2v) is 5.36. The van der Waals surface area contributed by atoms with Gasteiger partial charge in [-0.3, -0.25) is 4.79 Å². The minimum Gasteiger partial charge on any atom is -0.360 e. The van der Waals surface area contributed by atoms with E-state index in [1.807, 2.05) is 13.8 Å². The van der Waals surface area contributed by atoms with Gasteiger partial charge in [-0.25, -0.2) is 0 Å². The summed E-state index contributed by atoms with van der Waals surface area (Å²) in [5, 5.41) is 12.8. The van der Waals surface area contributed by atoms with Crippen molar-refractivity contribution in [1.82, 2.24) is 10.1 Å². The summed E-state index contributed by atoms with van der Waals surface area (Å²) in [5.41, 5.74) is 1.25. The number of aryl methyl sites for hydroxylation is 1. The first-order valence-corrected chi connectivity index (χ1v) is 6.69. The van der Waals surface area contributed by atoms with Gasteiger partial charge in [0.15, 0.2) is 5.76 Å². The summed E-state index contributed by atoms with van der Waals surface area (Å²) < 4.78 is 5.26. The lowest BCUT2D eigenvalue weighted by Gasteiger charge is -2.29. The number of aromatic nitrogens is 1. The van der Waals surface area contributed by atoms with Crippen LogP contribution in [0.3, 0.4) is 0 Å². The summed E-state index contributed by atoms with van der Waals surface area (Å²) >= 11 is 0. The maximum atomic E-state index is 12.5. The maximum absolute atomic E-state index is 12.5. The lowest BCUT2D eigenvalue weighted by atomic mass is 9.97. The smallest absolute Gasteiger partial charge is 0.259 e. The molecule has 5 nitrogen and oxygen atoms in total. The van der Waals surface area contributed by atoms with Crippen LogP contribution in [0.4, 0.5) is 0 Å². The number of likely N-dealkylation sites (tertiary alicyclic amines) is 1. The lowest BCUT2D eigenvalue weighted by Crippen LogP contribution is -2.38. The van der Waals surface area contributed by atoms with Gasteiger partial charge in [-0.05, 0) is 19.8 Å². The number of nitrogens with zero attached hydrogens (tertiary/aromatic N) is 3. The molecule has 1 amide bonds. The van der Waals surface area contributed by atoms with Gasteiger partial charge in [0.1, 0.15) is 5.56 Å². The van der Waals surface area contributed by atoms with E-state index in [-0.39, 0.29) is 17.7 Å². The average Bonchev–Trinajstić information content (AvgIpc) is 2.80. The first-order chi connectivity index (χ1) is 9.04. The molecule has 1 aromatic rings. The van der Waals surface area contributed by atoms with Gasteiger partial charge >= 0.3 is 0 Å². The van der Waals surface area contributed by atoms with E-state index in [9.17, 15) is 4.79 Å². The zero-order chi connectivity index (χ0) is 14.0. The van der Waals surface area contributed by atoms with Gasteiger partial charge in [-0.2, -0.15) is 5.26 Å². The number of carbonyl (C=O) groups excluding carboxylic acids is 1. The van der Waals surface area contributed by atoms with Crippen molar-refractivity contribution in [2.24, 2.45) is 5.92 Å². The number of hydrogen-bond acceptors (Lipinski definition) is 4. The largest absolute Gasteiger partial charge is 0.360 e. The first-order valence-electron chi connectivity index (χ1n) is 6.69. The fourth-order valence-corrected chi connectivity index (χ4v) is 2.41. The lowest BCUT2D eigenvalue weighted by molar-refractivity contribution is 0.0703. The fraction of sp³-hybridized carbons (Fsp3) is 0.643. The Hall–Kier alpha value is -1.83. The van der Waals surface area contributed by atoms with Crippen molar-refractivity contribution in [2.45, 2.75) is 39.5 Å². The van der Waals surface area contributed by atoms with Crippen molar-refractivity contribution in [2.75, 3.05) is 13.1 Å². The third-order valence-corrected chi connectivity index (χ3v) is 3.59. The van der Waals surface area contributed by atoms with Gasteiger partial charge in [-0.1, -0.05) is 19.0 Å². The Kier molecular flexibility index (Phi) is 3.89. The van der Waals surface area contributed by atoms with Gasteiger partial charge in [0, 0.05) is 24.9 Å². The van der Waals surface area contributed by atoms with Crippen molar-refractivity contribution in [3.63, 3.8) is 0 Å². The molecule has 0 saturated carbocycles. The van der Waals surface area contributed by atoms with Gasteiger partial charge in [0.25, 0.3) is 5.91 Å². The quantitative estimate of drug-likeness (QED) is 0.820. The van der Waals surface area contributed by atoms with Crippen molar-refractivity contribution in [3.8, 4) is 6.07 Å². The summed E-state index contributed by atoms with van der Waals surface area (Å²) in [6.45, 7) is 7.04. The molecule has 1 saturated heterocycles. The summed E-state index contributed by atoms with van der Waals surface area (Å²) in [6.07, 6.45) is 1.51. The molecule has 0 spiro atoms. The van der Waals surface area contributed by atoms with Crippen LogP contribution in [0.15, 0.2) is 4.52 Å². The van der Waals surface area contributed by atoms with Gasteiger partial charge in [-0.15, -0.1) is 0 Å². The van der Waals surface area contributed by atoms with Gasteiger partial charge in [0.05, 0.1) is 11.8 Å². The third kappa shape index (κ3) is 2.62. The second kappa shape index (κ2) is 5.43. The Morgan fingerprint density at radius 2 is 2.11 bits per heavy atom. The van der Waals surface area contributed by atoms with Crippen molar-refractivity contribution in [1.29, 1.82) is 5.26 Å². The molecule has 102 valence electrons. The fourth-order valence-electron chi connectivity index (χ4n) is 2.41. The number of hydrogen-bond donors (Lipinski definition) is 0. The SMILES string of the molecule is Cc1noc(C(C)C)c1C(=O)N1CCC(C#N)CC1. The number of nitriles is 1. The molecule has 2 heterocycles. The van der Waals surface area contributed by atoms with Crippen LogP contribution in [0, 0.1) is 24.2 Å². The highest BCUT2D eigenvalue weighted by Crippen LogP contribution is 2.25. The molecule has 1 fully saturated rings. The van der Waals surface area contributed by atoms with E-state index >= 15 is 0 Å². The van der Waals surface area contributed by atoms with E-state index in [2.05, 4.69) is 11.2 Å². The standard InChI is InChI=1S/C14H19N3O2/c1-9(2)13-12(10(3)16-19-13)14(18)17-6-4-11(8-15)5-7-17/h9,11H,4-7H2,1-3H3. The molecule has 1 aromatic heterocycles. The number of carbonyl (C=O) groups is 1. The molecule has 0 radical (unpaired) electrons. The molecule has 0 aromatic carbocycles. The number of rotatable bonds is 2. The molecule has 1 aliphatic heterocycles. The van der Waals surface area contributed by atoms with Crippen LogP contribution in [-0.2, 0) is 0 Å². The molecule has 0 N–H and O–H groups in total. The predicted molar refractivity (Wildman–Crippen MR) is 69.6 cm³/mol. The highest BCUT2D eigenvalue weighted by atomic mass is 16.5. The van der Waals surface area contributed by atoms with Crippen LogP contribution >= 0.6 is 0 Å². The Balaban J connectivity index is 2.17. The molecule has 1 aliphatic rings. The molecule has 0 aliphatic carbocycles. The topological polar surface area (TPSA) is 70.1 Å². The summed E-state index contributed by atoms with van der Waals surface area (Å²) in [6, 6.07) is 2.27. The van der Waals surface area contributed by atoms with E-state index in [0.717, 1.165) is 12.8 Å². The van der Waals surface area contributed by atoms with E-state index in [1.54, 1.807) is 11.8 Å². The van der Waals surface area contributed by atoms with Crippen LogP contribution in [0.1, 0.15) is 54.4 Å². The molecule has 5 heteroatoms. The van der Waals surface area contributed by atoms with Crippen LogP contribution in [0.2, 0.25) is 0 Å². The van der Waals surface area contributed by atoms with E-state index in [4.69, 9.17) is 9.78 Å². The van der Waals surface area contributed by atoms with Crippen molar-refractivity contribution in [3.05, 3.63) is 17.0 Å². The Labute approximate surface area is 113 Å². The normalized spacial score (nSPS) is 16.7. The second-order valence-electron chi connectivity index (χ2n) is 5.36. The molecule has 0 bridgehead atoms. The minimum atomic E-state index is -0.0150. The highest BCUT2D eigenvalue weighted by Gasteiger charge is 2.29. The Bertz CT molecular complexity index is 505. The molecule has 2 rings (SSSR count). The molecule has 0 atom stereocenters. The Morgan fingerprint density at radius 3 is 2.63 bits per heavy atom. The van der Waals surface area contributed by atoms with Crippen LogP contribution in [-0.4, -0.2) is 29.1 Å². The van der Waals surface area contributed by atoms with E-state index < -0.39 is 0 Å². The Morgan fingerprint density at radius 1 is 1.47 bits per heavy atom. The van der Waals surface area contributed by atoms with Crippen LogP contribution in [0.5, 0.6) is 0 Å². The van der Waals surface area contributed by atoms with Crippen molar-refractivity contribution >= 4 is 5.91 Å². The molecular formula is C14H19N3O2. The zero-order valence-electron chi connectivity index (χ0n) is 11.6. The highest BCUT2D eigenvalue weighted by molar-refractivity contribution is 5.96. The molecular weight excluding hydrogens is 242 g/mol. The van der Waals surface area contributed by atoms with Crippen molar-refractivity contribution < 1.29 is 9.32 Å². The van der Waals surface area contributed by atoms with E-state index in [1.165, 1.54) is 0 Å². The maximum Gasteiger partial charge on any atom is 0.259 e. The predicted octanol–water partition coefficient (Wildman–Crippen LogP) is 2.48. The first kappa shape index (κ1) is 13.6. The van der Waals surface area contributed by atoms with Gasteiger partial charge < -0.3 is 9.42 Å². The summed E-state index contributed by atoms with van der Waals surface area (Å²) in [7, 11) is 0. The monoisotopic (exact) mass is 261 g/mol. The van der Waals surface area contributed by atoms with Crippen LogP contribution in [0.25, 0.3) is 0 Å². The molecule has 0 unspecified atom stereocenters. The minimum absolute atomic E-state index is 0.0150.